The van der Waals surface area contributed by atoms with Crippen LogP contribution in [-0.2, 0) is 27.3 Å². The molecule has 1 amide bonds. The number of rotatable bonds is 16. The molecule has 2 unspecified atom stereocenters. The van der Waals surface area contributed by atoms with Crippen molar-refractivity contribution >= 4 is 67.3 Å². The number of nitrogens with one attached hydrogen (secondary N) is 1. The van der Waals surface area contributed by atoms with Crippen LogP contribution in [0, 0.1) is 5.82 Å². The lowest BCUT2D eigenvalue weighted by molar-refractivity contribution is -0.166. The largest absolute Gasteiger partial charge is 0.496 e. The Morgan fingerprint density at radius 2 is 1.62 bits per heavy atom. The second-order valence-electron chi connectivity index (χ2n) is 17.0. The first-order valence-corrected chi connectivity index (χ1v) is 22.9. The summed E-state index contributed by atoms with van der Waals surface area (Å²) in [5.41, 5.74) is 2.52. The van der Waals surface area contributed by atoms with Crippen molar-refractivity contribution in [1.29, 1.82) is 0 Å². The van der Waals surface area contributed by atoms with Gasteiger partial charge in [0.05, 0.1) is 23.4 Å². The number of hydrogen-bond donors (Lipinski definition) is 1. The number of amides is 1. The predicted molar refractivity (Wildman–Crippen MR) is 262 cm³/mol. The number of ether oxygens (including phenoxy) is 5. The number of likely N-dealkylation sites (N-methyl/N-ethyl adjacent to an activating group) is 1. The molecule has 5 aromatic carbocycles. The summed E-state index contributed by atoms with van der Waals surface area (Å²) >= 11 is 7.27. The molecule has 16 nitrogen and oxygen atoms in total. The summed E-state index contributed by atoms with van der Waals surface area (Å²) in [5.74, 6) is 1.22. The quantitative estimate of drug-likeness (QED) is 0.0561. The molecule has 0 aliphatic carbocycles. The van der Waals surface area contributed by atoms with Gasteiger partial charge in [-0.05, 0) is 77.3 Å². The van der Waals surface area contributed by atoms with Crippen LogP contribution in [0.1, 0.15) is 18.2 Å². The number of para-hydroxylation sites is 2. The zero-order chi connectivity index (χ0) is 48.2. The van der Waals surface area contributed by atoms with Crippen LogP contribution in [0.2, 0.25) is 5.02 Å². The smallest absolute Gasteiger partial charge is 0.412 e. The van der Waals surface area contributed by atoms with Crippen LogP contribution >= 0.6 is 11.6 Å². The number of hydrogen-bond acceptors (Lipinski definition) is 14. The summed E-state index contributed by atoms with van der Waals surface area (Å²) in [4.78, 5) is 46.7. The number of nitrogens with zero attached hydrogens (tertiary/aromatic N) is 8. The number of fused-ring (bicyclic) bond motifs is 8. The number of carbonyl (C=O) groups is 2. The van der Waals surface area contributed by atoms with E-state index in [-0.39, 0.29) is 18.8 Å². The van der Waals surface area contributed by atoms with Crippen molar-refractivity contribution in [2.75, 3.05) is 72.9 Å². The van der Waals surface area contributed by atoms with Crippen LogP contribution in [0.4, 0.5) is 15.0 Å². The normalized spacial score (nSPS) is 14.2. The first-order valence-electron chi connectivity index (χ1n) is 22.5. The van der Waals surface area contributed by atoms with Crippen LogP contribution in [-0.4, -0.2) is 131 Å². The van der Waals surface area contributed by atoms with E-state index in [0.717, 1.165) is 49.1 Å². The number of esters is 1. The number of aromatic nitrogens is 5. The molecule has 0 saturated carbocycles. The topological polar surface area (TPSA) is 158 Å². The molecule has 1 fully saturated rings. The zero-order valence-corrected chi connectivity index (χ0v) is 39.6. The van der Waals surface area contributed by atoms with Crippen molar-refractivity contribution in [3.8, 4) is 28.6 Å². The fourth-order valence-electron chi connectivity index (χ4n) is 8.54. The average Bonchev–Trinajstić information content (AvgIpc) is 3.75. The summed E-state index contributed by atoms with van der Waals surface area (Å²) in [6.07, 6.45) is 2.99. The third-order valence-corrected chi connectivity index (χ3v) is 12.5. The minimum absolute atomic E-state index is 0.0397. The van der Waals surface area contributed by atoms with E-state index in [1.165, 1.54) is 44.4 Å². The fourth-order valence-corrected chi connectivity index (χ4v) is 8.87. The Labute approximate surface area is 402 Å². The van der Waals surface area contributed by atoms with Gasteiger partial charge in [-0.3, -0.25) is 4.90 Å². The highest BCUT2D eigenvalue weighted by Crippen LogP contribution is 2.45. The molecule has 0 radical (unpaired) electrons. The van der Waals surface area contributed by atoms with Crippen molar-refractivity contribution in [3.63, 3.8) is 0 Å². The van der Waals surface area contributed by atoms with Gasteiger partial charge in [-0.15, -0.1) is 0 Å². The van der Waals surface area contributed by atoms with Crippen LogP contribution < -0.4 is 19.5 Å². The van der Waals surface area contributed by atoms with Crippen molar-refractivity contribution in [1.82, 2.24) is 39.3 Å². The lowest BCUT2D eigenvalue weighted by Crippen LogP contribution is -2.45. The van der Waals surface area contributed by atoms with E-state index >= 15 is 4.39 Å². The highest BCUT2D eigenvalue weighted by atomic mass is 35.5. The Balaban J connectivity index is 1.07. The summed E-state index contributed by atoms with van der Waals surface area (Å²) in [5, 5.41) is 12.4. The number of benzene rings is 5. The number of carbonyl (C=O) groups excluding carboxylic acids is 2. The molecule has 1 aliphatic rings. The number of piperazine rings is 1. The van der Waals surface area contributed by atoms with Gasteiger partial charge in [0.1, 0.15) is 54.2 Å². The Bertz CT molecular complexity index is 3180. The van der Waals surface area contributed by atoms with Gasteiger partial charge >= 0.3 is 12.1 Å². The summed E-state index contributed by atoms with van der Waals surface area (Å²) < 4.78 is 46.2. The van der Waals surface area contributed by atoms with Gasteiger partial charge in [-0.25, -0.2) is 33.4 Å². The average molecular weight is 956 g/mol. The molecule has 0 spiro atoms. The molecule has 8 aromatic rings. The molecule has 0 bridgehead atoms. The van der Waals surface area contributed by atoms with E-state index in [2.05, 4.69) is 32.2 Å². The minimum Gasteiger partial charge on any atom is -0.496 e. The Morgan fingerprint density at radius 1 is 0.855 bits per heavy atom. The lowest BCUT2D eigenvalue weighted by atomic mass is 9.95. The first kappa shape index (κ1) is 46.8. The minimum atomic E-state index is -1.24. The standard InChI is InChI=1S/C51H51ClFN9O7/c1-31(69-51(64)59(2)3)68-50(63)40(26-32-10-6-8-12-41(32)67-29-34-18-19-54-48(57-34)36-11-7-9-13-42(36)65-5)58-49-47-45-37-16-17-43(66-25-24-61-22-20-60(4)21-23-61)46(52)44(37)38-27-33(53)14-15-35(38)39(45)28-62(47)56-30-55-49/h6-19,27-28,30-31,40H,20-26,29H2,1-5H3,(H,55,56,58). The van der Waals surface area contributed by atoms with E-state index in [1.807, 2.05) is 60.8 Å². The van der Waals surface area contributed by atoms with Gasteiger partial charge in [-0.2, -0.15) is 5.10 Å². The first-order chi connectivity index (χ1) is 33.4. The Hall–Kier alpha value is -7.34. The van der Waals surface area contributed by atoms with Crippen molar-refractivity contribution in [2.45, 2.75) is 32.3 Å². The summed E-state index contributed by atoms with van der Waals surface area (Å²) in [6, 6.07) is 23.8. The van der Waals surface area contributed by atoms with Gasteiger partial charge in [0.2, 0.25) is 6.29 Å². The van der Waals surface area contributed by atoms with E-state index in [1.54, 1.807) is 36.0 Å². The van der Waals surface area contributed by atoms with Gasteiger partial charge in [0.25, 0.3) is 0 Å². The van der Waals surface area contributed by atoms with Gasteiger partial charge in [0.15, 0.2) is 11.6 Å². The maximum absolute atomic E-state index is 15.2. The molecular formula is C51H51ClFN9O7. The van der Waals surface area contributed by atoms with E-state index < -0.39 is 30.2 Å². The van der Waals surface area contributed by atoms with Gasteiger partial charge in [0, 0.05) is 88.7 Å². The van der Waals surface area contributed by atoms with Crippen molar-refractivity contribution in [2.24, 2.45) is 0 Å². The van der Waals surface area contributed by atoms with Crippen LogP contribution in [0.5, 0.6) is 17.2 Å². The number of halogens is 2. The van der Waals surface area contributed by atoms with E-state index in [0.29, 0.717) is 73.0 Å². The van der Waals surface area contributed by atoms with Crippen molar-refractivity contribution in [3.05, 3.63) is 126 Å². The molecule has 1 saturated heterocycles. The summed E-state index contributed by atoms with van der Waals surface area (Å²) in [7, 11) is 6.77. The molecule has 356 valence electrons. The molecule has 4 heterocycles. The second-order valence-corrected chi connectivity index (χ2v) is 17.3. The van der Waals surface area contributed by atoms with E-state index in [4.69, 9.17) is 45.3 Å². The highest BCUT2D eigenvalue weighted by molar-refractivity contribution is 6.43. The lowest BCUT2D eigenvalue weighted by Gasteiger charge is -2.32. The van der Waals surface area contributed by atoms with Gasteiger partial charge in [-0.1, -0.05) is 48.0 Å². The van der Waals surface area contributed by atoms with Crippen LogP contribution in [0.25, 0.3) is 49.2 Å². The highest BCUT2D eigenvalue weighted by Gasteiger charge is 2.29. The van der Waals surface area contributed by atoms with Gasteiger partial charge < -0.3 is 38.8 Å². The predicted octanol–water partition coefficient (Wildman–Crippen LogP) is 8.26. The summed E-state index contributed by atoms with van der Waals surface area (Å²) in [6.45, 7) is 6.58. The molecular weight excluding hydrogens is 905 g/mol. The third-order valence-electron chi connectivity index (χ3n) is 12.1. The molecule has 1 aliphatic heterocycles. The monoisotopic (exact) mass is 955 g/mol. The fraction of sp³-hybridized carbons (Fsp3) is 0.294. The number of methoxy groups -OCH3 is 1. The number of anilines is 1. The SMILES string of the molecule is COc1ccccc1-c1nccc(COc2ccccc2CC(Nc2ncnn3cc4c5ccc(F)cc5c5c(Cl)c(OCCN6CCN(C)CC6)ccc5c4c23)C(=O)OC(C)OC(=O)N(C)C)n1. The molecule has 9 rings (SSSR count). The Morgan fingerprint density at radius 3 is 2.42 bits per heavy atom. The van der Waals surface area contributed by atoms with Crippen molar-refractivity contribution < 1.29 is 37.7 Å². The maximum atomic E-state index is 15.2. The molecule has 69 heavy (non-hydrogen) atoms. The zero-order valence-electron chi connectivity index (χ0n) is 38.8. The molecule has 2 atom stereocenters. The molecule has 3 aromatic heterocycles. The second kappa shape index (κ2) is 20.5. The Kier molecular flexibility index (Phi) is 13.9. The van der Waals surface area contributed by atoms with Crippen LogP contribution in [0.3, 0.4) is 0 Å². The van der Waals surface area contributed by atoms with Crippen LogP contribution in [0.15, 0.2) is 104 Å². The third kappa shape index (κ3) is 10.1. The van der Waals surface area contributed by atoms with E-state index in [9.17, 15) is 9.59 Å². The molecule has 1 N–H and O–H groups in total. The molecule has 18 heteroatoms. The maximum Gasteiger partial charge on any atom is 0.412 e.